The van der Waals surface area contributed by atoms with Gasteiger partial charge in [0.25, 0.3) is 0 Å². The van der Waals surface area contributed by atoms with Crippen LogP contribution in [0.3, 0.4) is 0 Å². The molecule has 2 aromatic carbocycles. The molecule has 25 heavy (non-hydrogen) atoms. The molecule has 0 bridgehead atoms. The number of fused-ring (bicyclic) bond motifs is 1. The van der Waals surface area contributed by atoms with Gasteiger partial charge in [0.15, 0.2) is 11.5 Å². The van der Waals surface area contributed by atoms with Crippen LogP contribution in [0.4, 0.5) is 0 Å². The normalized spacial score (nSPS) is 12.8. The zero-order chi connectivity index (χ0) is 17.9. The molecule has 132 valence electrons. The fourth-order valence-corrected chi connectivity index (χ4v) is 3.43. The molecule has 0 aromatic heterocycles. The van der Waals surface area contributed by atoms with Crippen LogP contribution in [0.2, 0.25) is 0 Å². The summed E-state index contributed by atoms with van der Waals surface area (Å²) in [6, 6.07) is 11.1. The highest BCUT2D eigenvalue weighted by Gasteiger charge is 2.16. The van der Waals surface area contributed by atoms with Gasteiger partial charge in [0.05, 0.1) is 17.6 Å². The Labute approximate surface area is 145 Å². The van der Waals surface area contributed by atoms with Crippen LogP contribution < -0.4 is 14.2 Å². The molecule has 0 spiro atoms. The van der Waals surface area contributed by atoms with Crippen molar-refractivity contribution >= 4 is 16.0 Å². The number of esters is 1. The standard InChI is InChI=1S/C17H17NO6S/c1-22-17(19)13-3-5-14(6-4-13)25(20,21)18-9-8-12-2-7-15-16(10-12)24-11-23-15/h2-7,10,18H,8-9,11H2,1H3. The Hall–Kier alpha value is -2.58. The van der Waals surface area contributed by atoms with Crippen molar-refractivity contribution in [2.45, 2.75) is 11.3 Å². The maximum atomic E-state index is 12.3. The SMILES string of the molecule is COC(=O)c1ccc(S(=O)(=O)NCCc2ccc3c(c2)OCO3)cc1. The van der Waals surface area contributed by atoms with Crippen molar-refractivity contribution in [2.75, 3.05) is 20.4 Å². The predicted octanol–water partition coefficient (Wildman–Crippen LogP) is 1.72. The second-order valence-electron chi connectivity index (χ2n) is 5.35. The van der Waals surface area contributed by atoms with E-state index in [1.165, 1.54) is 31.4 Å². The number of carbonyl (C=O) groups excluding carboxylic acids is 1. The summed E-state index contributed by atoms with van der Waals surface area (Å²) < 4.78 is 42.2. The molecule has 7 nitrogen and oxygen atoms in total. The van der Waals surface area contributed by atoms with Crippen LogP contribution in [0, 0.1) is 0 Å². The summed E-state index contributed by atoms with van der Waals surface area (Å²) in [6.07, 6.45) is 0.510. The van der Waals surface area contributed by atoms with Crippen LogP contribution >= 0.6 is 0 Å². The van der Waals surface area contributed by atoms with Gasteiger partial charge in [-0.25, -0.2) is 17.9 Å². The van der Waals surface area contributed by atoms with Gasteiger partial charge in [0.1, 0.15) is 0 Å². The Morgan fingerprint density at radius 1 is 1.12 bits per heavy atom. The van der Waals surface area contributed by atoms with E-state index in [1.807, 2.05) is 12.1 Å². The van der Waals surface area contributed by atoms with Crippen LogP contribution in [0.25, 0.3) is 0 Å². The largest absolute Gasteiger partial charge is 0.465 e. The molecule has 1 heterocycles. The monoisotopic (exact) mass is 363 g/mol. The van der Waals surface area contributed by atoms with Crippen molar-refractivity contribution in [2.24, 2.45) is 0 Å². The lowest BCUT2D eigenvalue weighted by Crippen LogP contribution is -2.26. The summed E-state index contributed by atoms with van der Waals surface area (Å²) in [5.74, 6) is 0.841. The molecule has 0 aliphatic carbocycles. The molecule has 3 rings (SSSR count). The third-order valence-electron chi connectivity index (χ3n) is 3.73. The van der Waals surface area contributed by atoms with Gasteiger partial charge < -0.3 is 14.2 Å². The highest BCUT2D eigenvalue weighted by molar-refractivity contribution is 7.89. The summed E-state index contributed by atoms with van der Waals surface area (Å²) in [5, 5.41) is 0. The number of nitrogens with one attached hydrogen (secondary N) is 1. The van der Waals surface area contributed by atoms with E-state index in [4.69, 9.17) is 9.47 Å². The number of hydrogen-bond acceptors (Lipinski definition) is 6. The zero-order valence-electron chi connectivity index (χ0n) is 13.5. The quantitative estimate of drug-likeness (QED) is 0.786. The van der Waals surface area contributed by atoms with Crippen LogP contribution in [0.15, 0.2) is 47.4 Å². The molecule has 0 fully saturated rings. The summed E-state index contributed by atoms with van der Waals surface area (Å²) in [6.45, 7) is 0.438. The summed E-state index contributed by atoms with van der Waals surface area (Å²) in [7, 11) is -2.38. The second-order valence-corrected chi connectivity index (χ2v) is 7.12. The first-order valence-corrected chi connectivity index (χ1v) is 9.04. The number of rotatable bonds is 6. The average Bonchev–Trinajstić information content (AvgIpc) is 3.09. The molecule has 1 N–H and O–H groups in total. The first kappa shape index (κ1) is 17.2. The van der Waals surface area contributed by atoms with E-state index in [9.17, 15) is 13.2 Å². The number of hydrogen-bond donors (Lipinski definition) is 1. The topological polar surface area (TPSA) is 90.9 Å². The smallest absolute Gasteiger partial charge is 0.337 e. The molecule has 0 unspecified atom stereocenters. The van der Waals surface area contributed by atoms with E-state index in [2.05, 4.69) is 9.46 Å². The van der Waals surface area contributed by atoms with E-state index < -0.39 is 16.0 Å². The predicted molar refractivity (Wildman–Crippen MR) is 89.2 cm³/mol. The van der Waals surface area contributed by atoms with Crippen LogP contribution in [0.5, 0.6) is 11.5 Å². The lowest BCUT2D eigenvalue weighted by molar-refractivity contribution is 0.0600. The molecule has 2 aromatic rings. The molecule has 8 heteroatoms. The van der Waals surface area contributed by atoms with Crippen molar-refractivity contribution in [3.05, 3.63) is 53.6 Å². The molecule has 0 saturated heterocycles. The number of methoxy groups -OCH3 is 1. The van der Waals surface area contributed by atoms with Gasteiger partial charge in [-0.2, -0.15) is 0 Å². The first-order valence-electron chi connectivity index (χ1n) is 7.56. The minimum absolute atomic E-state index is 0.0887. The Balaban J connectivity index is 1.61. The number of benzene rings is 2. The van der Waals surface area contributed by atoms with Crippen molar-refractivity contribution < 1.29 is 27.4 Å². The summed E-state index contributed by atoms with van der Waals surface area (Å²) >= 11 is 0. The van der Waals surface area contributed by atoms with Crippen molar-refractivity contribution in [3.8, 4) is 11.5 Å². The Morgan fingerprint density at radius 3 is 2.56 bits per heavy atom. The highest BCUT2D eigenvalue weighted by atomic mass is 32.2. The fraction of sp³-hybridized carbons (Fsp3) is 0.235. The maximum Gasteiger partial charge on any atom is 0.337 e. The Bertz CT molecular complexity index is 877. The molecule has 0 saturated carbocycles. The third kappa shape index (κ3) is 3.92. The van der Waals surface area contributed by atoms with Gasteiger partial charge in [-0.15, -0.1) is 0 Å². The minimum Gasteiger partial charge on any atom is -0.465 e. The van der Waals surface area contributed by atoms with Crippen molar-refractivity contribution in [1.29, 1.82) is 0 Å². The van der Waals surface area contributed by atoms with Crippen molar-refractivity contribution in [3.63, 3.8) is 0 Å². The molecule has 0 atom stereocenters. The number of ether oxygens (including phenoxy) is 3. The zero-order valence-corrected chi connectivity index (χ0v) is 14.3. The van der Waals surface area contributed by atoms with Gasteiger partial charge in [-0.3, -0.25) is 0 Å². The molecular formula is C17H17NO6S. The molecular weight excluding hydrogens is 346 g/mol. The van der Waals surface area contributed by atoms with Crippen molar-refractivity contribution in [1.82, 2.24) is 4.72 Å². The Kier molecular flexibility index (Phi) is 4.91. The second kappa shape index (κ2) is 7.12. The van der Waals surface area contributed by atoms with E-state index in [0.29, 0.717) is 23.5 Å². The summed E-state index contributed by atoms with van der Waals surface area (Å²) in [5.41, 5.74) is 1.23. The molecule has 0 radical (unpaired) electrons. The lowest BCUT2D eigenvalue weighted by atomic mass is 10.1. The van der Waals surface area contributed by atoms with Crippen LogP contribution in [-0.4, -0.2) is 34.8 Å². The van der Waals surface area contributed by atoms with Gasteiger partial charge in [0, 0.05) is 6.54 Å². The first-order chi connectivity index (χ1) is 12.0. The minimum atomic E-state index is -3.65. The number of sulfonamides is 1. The number of carbonyl (C=O) groups is 1. The van der Waals surface area contributed by atoms with E-state index in [1.54, 1.807) is 6.07 Å². The van der Waals surface area contributed by atoms with Crippen LogP contribution in [-0.2, 0) is 21.2 Å². The van der Waals surface area contributed by atoms with Gasteiger partial charge >= 0.3 is 5.97 Å². The summed E-state index contributed by atoms with van der Waals surface area (Å²) in [4.78, 5) is 11.5. The molecule has 1 aliphatic heterocycles. The Morgan fingerprint density at radius 2 is 1.84 bits per heavy atom. The van der Waals surface area contributed by atoms with Gasteiger partial charge in [-0.05, 0) is 48.4 Å². The third-order valence-corrected chi connectivity index (χ3v) is 5.21. The average molecular weight is 363 g/mol. The van der Waals surface area contributed by atoms with E-state index >= 15 is 0 Å². The van der Waals surface area contributed by atoms with Gasteiger partial charge in [0.2, 0.25) is 16.8 Å². The van der Waals surface area contributed by atoms with Crippen LogP contribution in [0.1, 0.15) is 15.9 Å². The van der Waals surface area contributed by atoms with E-state index in [-0.39, 0.29) is 18.2 Å². The van der Waals surface area contributed by atoms with E-state index in [0.717, 1.165) is 5.56 Å². The lowest BCUT2D eigenvalue weighted by Gasteiger charge is -2.08. The highest BCUT2D eigenvalue weighted by Crippen LogP contribution is 2.32. The molecule has 1 aliphatic rings. The molecule has 0 amide bonds. The maximum absolute atomic E-state index is 12.3. The fourth-order valence-electron chi connectivity index (χ4n) is 2.40. The van der Waals surface area contributed by atoms with Gasteiger partial charge in [-0.1, -0.05) is 6.07 Å².